The molecule has 1 aliphatic heterocycles. The molecule has 0 amide bonds. The third kappa shape index (κ3) is 8.63. The molecule has 6 unspecified atom stereocenters. The Morgan fingerprint density at radius 3 is 2.46 bits per heavy atom. The van der Waals surface area contributed by atoms with Gasteiger partial charge in [-0.05, 0) is 85.0 Å². The summed E-state index contributed by atoms with van der Waals surface area (Å²) in [6, 6.07) is 10.9. The Balaban J connectivity index is 1.38. The van der Waals surface area contributed by atoms with Gasteiger partial charge in [-0.25, -0.2) is 9.97 Å². The van der Waals surface area contributed by atoms with Crippen molar-refractivity contribution in [1.82, 2.24) is 15.3 Å². The van der Waals surface area contributed by atoms with E-state index in [9.17, 15) is 40.2 Å². The molecular weight excluding hydrogens is 766 g/mol. The van der Waals surface area contributed by atoms with Crippen LogP contribution in [0.5, 0.6) is 17.2 Å². The Kier molecular flexibility index (Phi) is 13.0. The van der Waals surface area contributed by atoms with Crippen LogP contribution in [0.25, 0.3) is 0 Å². The normalized spacial score (nSPS) is 22.1. The molecule has 1 saturated heterocycles. The predicted molar refractivity (Wildman–Crippen MR) is 214 cm³/mol. The summed E-state index contributed by atoms with van der Waals surface area (Å²) in [5.41, 5.74) is 16.8. The maximum absolute atomic E-state index is 14.6. The number of aliphatic imine (C=N–C) groups is 1. The zero-order valence-corrected chi connectivity index (χ0v) is 32.5. The second-order valence-electron chi connectivity index (χ2n) is 14.5. The molecule has 18 nitrogen and oxygen atoms in total. The highest BCUT2D eigenvalue weighted by molar-refractivity contribution is 6.30. The number of nitrogens with zero attached hydrogens (tertiary/aromatic N) is 3. The van der Waals surface area contributed by atoms with Gasteiger partial charge >= 0.3 is 0 Å². The van der Waals surface area contributed by atoms with E-state index in [-0.39, 0.29) is 89.4 Å². The zero-order valence-electron chi connectivity index (χ0n) is 32.5. The van der Waals surface area contributed by atoms with Crippen LogP contribution < -0.4 is 32.0 Å². The van der Waals surface area contributed by atoms with Gasteiger partial charge in [-0.1, -0.05) is 6.07 Å². The summed E-state index contributed by atoms with van der Waals surface area (Å²) in [4.78, 5) is 41.2. The molecule has 1 aliphatic carbocycles. The second kappa shape index (κ2) is 17.9. The summed E-state index contributed by atoms with van der Waals surface area (Å²) in [7, 11) is 2.80. The number of carbonyl (C=O) groups excluding carboxylic acids is 2. The number of guanidine groups is 1. The molecule has 0 bridgehead atoms. The van der Waals surface area contributed by atoms with Gasteiger partial charge in [0.15, 0.2) is 11.7 Å². The minimum atomic E-state index is -2.16. The monoisotopic (exact) mass is 815 g/mol. The molecule has 2 aliphatic rings. The molecule has 6 atom stereocenters. The average Bonchev–Trinajstić information content (AvgIpc) is 3.23. The standard InChI is InChI=1S/C41H49N7O11/c1-45-40(44)48-18-27-23(13-21(4-3-11-49)22-5-6-30(42)47-17-22)14-25-33(35(27)52)36(53)32-26(34(25)51)15-24(57-2)16-28(32)58-39-37(54)38(55)41(56,29(19-50)59-39)9-7-20-8-10-46-31(43)12-20/h5-6,8,10,12,14-17,21,29,37-39,49-50,52,54-56H,3-4,7,9,11,13,18-19H2,1-2H3,(H2,42,47)(H2,43,46)(H3,44,45,48). The van der Waals surface area contributed by atoms with Crippen molar-refractivity contribution in [3.63, 3.8) is 0 Å². The van der Waals surface area contributed by atoms with Crippen LogP contribution in [0.2, 0.25) is 0 Å². The van der Waals surface area contributed by atoms with Crippen molar-refractivity contribution in [3.05, 3.63) is 99.4 Å². The highest BCUT2D eigenvalue weighted by Gasteiger charge is 2.55. The van der Waals surface area contributed by atoms with Gasteiger partial charge in [0.1, 0.15) is 52.8 Å². The molecule has 6 rings (SSSR count). The number of phenolic OH excluding ortho intramolecular Hbond substituents is 1. The van der Waals surface area contributed by atoms with Gasteiger partial charge in [0.05, 0.1) is 24.8 Å². The van der Waals surface area contributed by atoms with Crippen molar-refractivity contribution in [2.75, 3.05) is 38.8 Å². The molecule has 18 heteroatoms. The number of aryl methyl sites for hydroxylation is 1. The number of phenols is 1. The molecule has 314 valence electrons. The highest BCUT2D eigenvalue weighted by atomic mass is 16.7. The first-order valence-corrected chi connectivity index (χ1v) is 18.9. The smallest absolute Gasteiger partial charge is 0.229 e. The fourth-order valence-corrected chi connectivity index (χ4v) is 7.67. The quantitative estimate of drug-likeness (QED) is 0.0506. The molecule has 13 N–H and O–H groups in total. The number of hydrogen-bond acceptors (Lipinski definition) is 16. The van der Waals surface area contributed by atoms with Gasteiger partial charge in [-0.3, -0.25) is 14.6 Å². The Labute approximate surface area is 339 Å². The summed E-state index contributed by atoms with van der Waals surface area (Å²) in [5, 5.41) is 69.1. The van der Waals surface area contributed by atoms with Crippen LogP contribution in [-0.4, -0.2) is 116 Å². The summed E-state index contributed by atoms with van der Waals surface area (Å²) in [6.45, 7) is -0.964. The lowest BCUT2D eigenvalue weighted by Gasteiger charge is -2.47. The predicted octanol–water partition coefficient (Wildman–Crippen LogP) is 0.445. The van der Waals surface area contributed by atoms with E-state index in [1.807, 2.05) is 6.07 Å². The summed E-state index contributed by atoms with van der Waals surface area (Å²) < 4.78 is 17.4. The second-order valence-corrected chi connectivity index (χ2v) is 14.5. The van der Waals surface area contributed by atoms with Crippen LogP contribution >= 0.6 is 0 Å². The number of hydrogen-bond donors (Lipinski definition) is 10. The third-order valence-corrected chi connectivity index (χ3v) is 10.9. The van der Waals surface area contributed by atoms with Crippen LogP contribution in [0.4, 0.5) is 11.6 Å². The van der Waals surface area contributed by atoms with Crippen LogP contribution in [0.3, 0.4) is 0 Å². The van der Waals surface area contributed by atoms with Crippen LogP contribution in [0.15, 0.2) is 59.9 Å². The number of aromatic nitrogens is 2. The lowest BCUT2D eigenvalue weighted by atomic mass is 9.78. The van der Waals surface area contributed by atoms with Crippen LogP contribution in [-0.2, 0) is 24.1 Å². The molecule has 2 aromatic carbocycles. The van der Waals surface area contributed by atoms with E-state index in [1.54, 1.807) is 30.5 Å². The first-order valence-electron chi connectivity index (χ1n) is 18.9. The van der Waals surface area contributed by atoms with Crippen molar-refractivity contribution in [2.45, 2.75) is 74.8 Å². The van der Waals surface area contributed by atoms with Crippen molar-refractivity contribution in [3.8, 4) is 17.2 Å². The van der Waals surface area contributed by atoms with E-state index in [1.165, 1.54) is 32.5 Å². The third-order valence-electron chi connectivity index (χ3n) is 10.9. The number of pyridine rings is 2. The summed E-state index contributed by atoms with van der Waals surface area (Å²) >= 11 is 0. The lowest BCUT2D eigenvalue weighted by molar-refractivity contribution is -0.314. The maximum atomic E-state index is 14.6. The number of fused-ring (bicyclic) bond motifs is 2. The molecule has 1 fully saturated rings. The minimum absolute atomic E-state index is 0.0477. The molecule has 4 aromatic rings. The lowest BCUT2D eigenvalue weighted by Crippen LogP contribution is -2.68. The van der Waals surface area contributed by atoms with E-state index < -0.39 is 54.1 Å². The number of anilines is 2. The fraction of sp³-hybridized carbons (Fsp3) is 0.390. The number of ketones is 2. The van der Waals surface area contributed by atoms with E-state index in [0.717, 1.165) is 5.56 Å². The Morgan fingerprint density at radius 2 is 1.80 bits per heavy atom. The number of rotatable bonds is 15. The Morgan fingerprint density at radius 1 is 1.03 bits per heavy atom. The van der Waals surface area contributed by atoms with E-state index in [2.05, 4.69) is 20.3 Å². The van der Waals surface area contributed by atoms with E-state index in [0.29, 0.717) is 29.8 Å². The van der Waals surface area contributed by atoms with Crippen LogP contribution in [0, 0.1) is 0 Å². The average molecular weight is 816 g/mol. The van der Waals surface area contributed by atoms with Gasteiger partial charge in [0, 0.05) is 55.3 Å². The van der Waals surface area contributed by atoms with Gasteiger partial charge in [0.2, 0.25) is 12.1 Å². The SMILES string of the molecule is CN=C(N)NCc1c(CC(CCCO)c2ccc(N)nc2)cc2c(c1O)C(=O)c1c(OC3OC(CO)C(O)(CCc4ccnc(N)c4)C(O)C3O)cc(OC)cc1C2=O. The topological polar surface area (TPSA) is 311 Å². The molecular formula is C41H49N7O11. The summed E-state index contributed by atoms with van der Waals surface area (Å²) in [6.07, 6.45) is -2.79. The number of benzene rings is 2. The number of nitrogens with one attached hydrogen (secondary N) is 1. The van der Waals surface area contributed by atoms with Gasteiger partial charge in [0.25, 0.3) is 0 Å². The van der Waals surface area contributed by atoms with Crippen molar-refractivity contribution in [1.29, 1.82) is 0 Å². The number of aliphatic hydroxyl groups is 5. The highest BCUT2D eigenvalue weighted by Crippen LogP contribution is 2.44. The number of aromatic hydroxyl groups is 1. The molecule has 59 heavy (non-hydrogen) atoms. The van der Waals surface area contributed by atoms with Gasteiger partial charge in [-0.2, -0.15) is 0 Å². The minimum Gasteiger partial charge on any atom is -0.507 e. The largest absolute Gasteiger partial charge is 0.507 e. The van der Waals surface area contributed by atoms with E-state index in [4.69, 9.17) is 31.4 Å². The molecule has 0 spiro atoms. The number of nitrogen functional groups attached to an aromatic ring is 2. The van der Waals surface area contributed by atoms with Crippen LogP contribution in [0.1, 0.15) is 79.3 Å². The first kappa shape index (κ1) is 42.7. The molecule has 2 aromatic heterocycles. The number of carbonyl (C=O) groups is 2. The molecule has 3 heterocycles. The Hall–Kier alpha value is -5.89. The number of methoxy groups -OCH3 is 1. The van der Waals surface area contributed by atoms with Gasteiger partial charge < -0.3 is 67.4 Å². The van der Waals surface area contributed by atoms with E-state index >= 15 is 0 Å². The number of aliphatic hydroxyl groups excluding tert-OH is 4. The maximum Gasteiger partial charge on any atom is 0.229 e. The molecule has 0 saturated carbocycles. The fourth-order valence-electron chi connectivity index (χ4n) is 7.67. The van der Waals surface area contributed by atoms with Crippen molar-refractivity contribution < 1.29 is 54.4 Å². The van der Waals surface area contributed by atoms with Crippen molar-refractivity contribution in [2.24, 2.45) is 10.7 Å². The Bertz CT molecular complexity index is 2220. The number of ether oxygens (including phenoxy) is 3. The number of nitrogens with two attached hydrogens (primary N) is 3. The van der Waals surface area contributed by atoms with Gasteiger partial charge in [-0.15, -0.1) is 0 Å². The summed E-state index contributed by atoms with van der Waals surface area (Å²) in [5.74, 6) is -1.83. The zero-order chi connectivity index (χ0) is 42.6. The van der Waals surface area contributed by atoms with Crippen molar-refractivity contribution >= 4 is 29.2 Å². The molecule has 0 radical (unpaired) electrons. The first-order chi connectivity index (χ1) is 28.2.